The summed E-state index contributed by atoms with van der Waals surface area (Å²) in [5, 5.41) is 3.36. The molecule has 3 aromatic rings. The molecule has 0 aliphatic carbocycles. The Balaban J connectivity index is 1.64. The molecule has 1 heterocycles. The highest BCUT2D eigenvalue weighted by Crippen LogP contribution is 2.25. The van der Waals surface area contributed by atoms with Crippen LogP contribution in [0, 0.1) is 0 Å². The number of amides is 1. The number of nitrogens with one attached hydrogen (secondary N) is 1. The van der Waals surface area contributed by atoms with Crippen LogP contribution in [0.25, 0.3) is 10.2 Å². The molecule has 3 rings (SSSR count). The van der Waals surface area contributed by atoms with Gasteiger partial charge in [0.15, 0.2) is 11.2 Å². The molecule has 5 nitrogen and oxygen atoms in total. The van der Waals surface area contributed by atoms with Gasteiger partial charge in [-0.05, 0) is 43.3 Å². The molecule has 0 saturated carbocycles. The van der Waals surface area contributed by atoms with Crippen molar-refractivity contribution in [2.45, 2.75) is 13.0 Å². The minimum Gasteiger partial charge on any atom is -0.497 e. The van der Waals surface area contributed by atoms with E-state index in [1.54, 1.807) is 38.3 Å². The number of carbonyl (C=O) groups is 1. The zero-order valence-electron chi connectivity index (χ0n) is 12.8. The fourth-order valence-corrected chi connectivity index (χ4v) is 2.91. The molecule has 0 spiro atoms. The number of methoxy groups -OCH3 is 1. The van der Waals surface area contributed by atoms with Crippen molar-refractivity contribution in [3.8, 4) is 11.5 Å². The van der Waals surface area contributed by atoms with E-state index in [0.717, 1.165) is 16.0 Å². The first kappa shape index (κ1) is 15.3. The number of ether oxygens (including phenoxy) is 2. The maximum Gasteiger partial charge on any atom is 0.266 e. The van der Waals surface area contributed by atoms with Crippen LogP contribution in [0.4, 0.5) is 5.13 Å². The summed E-state index contributed by atoms with van der Waals surface area (Å²) in [6.07, 6.45) is -0.629. The molecule has 1 atom stereocenters. The van der Waals surface area contributed by atoms with Crippen LogP contribution in [0.5, 0.6) is 11.5 Å². The number of fused-ring (bicyclic) bond motifs is 1. The summed E-state index contributed by atoms with van der Waals surface area (Å²) in [6, 6.07) is 14.9. The predicted molar refractivity (Wildman–Crippen MR) is 91.3 cm³/mol. The Morgan fingerprint density at radius 2 is 1.83 bits per heavy atom. The van der Waals surface area contributed by atoms with Crippen molar-refractivity contribution in [2.24, 2.45) is 0 Å². The Kier molecular flexibility index (Phi) is 4.43. The van der Waals surface area contributed by atoms with Crippen LogP contribution in [-0.4, -0.2) is 24.1 Å². The van der Waals surface area contributed by atoms with Gasteiger partial charge in [0.25, 0.3) is 5.91 Å². The molecule has 0 aliphatic heterocycles. The number of hydrogen-bond donors (Lipinski definition) is 1. The normalized spacial score (nSPS) is 11.9. The van der Waals surface area contributed by atoms with Gasteiger partial charge in [0.1, 0.15) is 11.5 Å². The van der Waals surface area contributed by atoms with Gasteiger partial charge in [-0.2, -0.15) is 0 Å². The van der Waals surface area contributed by atoms with Gasteiger partial charge in [0, 0.05) is 0 Å². The first-order valence-corrected chi connectivity index (χ1v) is 7.94. The summed E-state index contributed by atoms with van der Waals surface area (Å²) in [7, 11) is 1.60. The van der Waals surface area contributed by atoms with E-state index >= 15 is 0 Å². The molecule has 0 aliphatic rings. The van der Waals surface area contributed by atoms with Gasteiger partial charge < -0.3 is 9.47 Å². The summed E-state index contributed by atoms with van der Waals surface area (Å²) < 4.78 is 11.8. The SMILES string of the molecule is COc1ccc(O[C@@H](C)C(=O)Nc2nc3ccccc3s2)cc1. The zero-order chi connectivity index (χ0) is 16.2. The van der Waals surface area contributed by atoms with Crippen molar-refractivity contribution >= 4 is 32.6 Å². The first-order chi connectivity index (χ1) is 11.2. The second kappa shape index (κ2) is 6.66. The average molecular weight is 328 g/mol. The maximum atomic E-state index is 12.2. The third-order valence-corrected chi connectivity index (χ3v) is 4.22. The number of anilines is 1. The fourth-order valence-electron chi connectivity index (χ4n) is 2.04. The van der Waals surface area contributed by atoms with Crippen LogP contribution in [0.1, 0.15) is 6.92 Å². The van der Waals surface area contributed by atoms with Gasteiger partial charge in [-0.1, -0.05) is 23.5 Å². The minimum atomic E-state index is -0.629. The van der Waals surface area contributed by atoms with Crippen LogP contribution in [0.3, 0.4) is 0 Å². The fraction of sp³-hybridized carbons (Fsp3) is 0.176. The second-order valence-corrected chi connectivity index (χ2v) is 5.94. The number of thiazole rings is 1. The number of rotatable bonds is 5. The number of hydrogen-bond acceptors (Lipinski definition) is 5. The lowest BCUT2D eigenvalue weighted by molar-refractivity contribution is -0.122. The van der Waals surface area contributed by atoms with Gasteiger partial charge in [-0.25, -0.2) is 4.98 Å². The summed E-state index contributed by atoms with van der Waals surface area (Å²) >= 11 is 1.44. The van der Waals surface area contributed by atoms with Gasteiger partial charge in [0.2, 0.25) is 0 Å². The lowest BCUT2D eigenvalue weighted by Gasteiger charge is -2.13. The molecule has 6 heteroatoms. The maximum absolute atomic E-state index is 12.2. The zero-order valence-corrected chi connectivity index (χ0v) is 13.6. The van der Waals surface area contributed by atoms with E-state index in [4.69, 9.17) is 9.47 Å². The third kappa shape index (κ3) is 3.60. The Morgan fingerprint density at radius 3 is 2.52 bits per heavy atom. The van der Waals surface area contributed by atoms with Crippen molar-refractivity contribution in [3.63, 3.8) is 0 Å². The summed E-state index contributed by atoms with van der Waals surface area (Å²) in [5.74, 6) is 1.11. The van der Waals surface area contributed by atoms with E-state index in [2.05, 4.69) is 10.3 Å². The molecular weight excluding hydrogens is 312 g/mol. The van der Waals surface area contributed by atoms with E-state index in [1.165, 1.54) is 11.3 Å². The molecule has 0 radical (unpaired) electrons. The Morgan fingerprint density at radius 1 is 1.13 bits per heavy atom. The number of benzene rings is 2. The third-order valence-electron chi connectivity index (χ3n) is 3.27. The lowest BCUT2D eigenvalue weighted by Crippen LogP contribution is -2.30. The Hall–Kier alpha value is -2.60. The van der Waals surface area contributed by atoms with Crippen molar-refractivity contribution < 1.29 is 14.3 Å². The molecule has 118 valence electrons. The van der Waals surface area contributed by atoms with E-state index in [9.17, 15) is 4.79 Å². The highest BCUT2D eigenvalue weighted by Gasteiger charge is 2.16. The number of para-hydroxylation sites is 1. The average Bonchev–Trinajstić information content (AvgIpc) is 2.97. The quantitative estimate of drug-likeness (QED) is 0.775. The molecular formula is C17H16N2O3S. The number of nitrogens with zero attached hydrogens (tertiary/aromatic N) is 1. The van der Waals surface area contributed by atoms with Gasteiger partial charge in [0.05, 0.1) is 17.3 Å². The van der Waals surface area contributed by atoms with E-state index < -0.39 is 6.10 Å². The molecule has 2 aromatic carbocycles. The summed E-state index contributed by atoms with van der Waals surface area (Å²) in [5.41, 5.74) is 0.872. The van der Waals surface area contributed by atoms with Crippen molar-refractivity contribution in [2.75, 3.05) is 12.4 Å². The van der Waals surface area contributed by atoms with Crippen LogP contribution >= 0.6 is 11.3 Å². The highest BCUT2D eigenvalue weighted by atomic mass is 32.1. The molecule has 0 unspecified atom stereocenters. The second-order valence-electron chi connectivity index (χ2n) is 4.91. The largest absolute Gasteiger partial charge is 0.497 e. The standard InChI is InChI=1S/C17H16N2O3S/c1-11(22-13-9-7-12(21-2)8-10-13)16(20)19-17-18-14-5-3-4-6-15(14)23-17/h3-11H,1-2H3,(H,18,19,20)/t11-/m0/s1. The molecule has 1 N–H and O–H groups in total. The van der Waals surface area contributed by atoms with Crippen molar-refractivity contribution in [1.82, 2.24) is 4.98 Å². The summed E-state index contributed by atoms with van der Waals surface area (Å²) in [6.45, 7) is 1.70. The predicted octanol–water partition coefficient (Wildman–Crippen LogP) is 3.71. The Labute approximate surface area is 137 Å². The van der Waals surface area contributed by atoms with Crippen molar-refractivity contribution in [1.29, 1.82) is 0 Å². The Bertz CT molecular complexity index is 781. The topological polar surface area (TPSA) is 60.5 Å². The van der Waals surface area contributed by atoms with E-state index in [-0.39, 0.29) is 5.91 Å². The van der Waals surface area contributed by atoms with Crippen LogP contribution in [0.2, 0.25) is 0 Å². The number of aromatic nitrogens is 1. The lowest BCUT2D eigenvalue weighted by atomic mass is 10.3. The molecule has 23 heavy (non-hydrogen) atoms. The smallest absolute Gasteiger partial charge is 0.266 e. The van der Waals surface area contributed by atoms with Crippen molar-refractivity contribution in [3.05, 3.63) is 48.5 Å². The monoisotopic (exact) mass is 328 g/mol. The van der Waals surface area contributed by atoms with Crippen LogP contribution in [-0.2, 0) is 4.79 Å². The molecule has 1 aromatic heterocycles. The van der Waals surface area contributed by atoms with Crippen LogP contribution < -0.4 is 14.8 Å². The highest BCUT2D eigenvalue weighted by molar-refractivity contribution is 7.22. The van der Waals surface area contributed by atoms with Gasteiger partial charge in [-0.3, -0.25) is 10.1 Å². The first-order valence-electron chi connectivity index (χ1n) is 7.13. The van der Waals surface area contributed by atoms with Crippen LogP contribution in [0.15, 0.2) is 48.5 Å². The molecule has 0 saturated heterocycles. The van der Waals surface area contributed by atoms with E-state index in [0.29, 0.717) is 10.9 Å². The minimum absolute atomic E-state index is 0.236. The van der Waals surface area contributed by atoms with Gasteiger partial charge in [-0.15, -0.1) is 0 Å². The summed E-state index contributed by atoms with van der Waals surface area (Å²) in [4.78, 5) is 16.6. The number of carbonyl (C=O) groups excluding carboxylic acids is 1. The molecule has 1 amide bonds. The molecule has 0 fully saturated rings. The molecule has 0 bridgehead atoms. The van der Waals surface area contributed by atoms with Gasteiger partial charge >= 0.3 is 0 Å². The van der Waals surface area contributed by atoms with E-state index in [1.807, 2.05) is 24.3 Å².